The van der Waals surface area contributed by atoms with Gasteiger partial charge >= 0.3 is 0 Å². The van der Waals surface area contributed by atoms with E-state index in [9.17, 15) is 5.11 Å². The molecule has 1 heterocycles. The van der Waals surface area contributed by atoms with E-state index in [4.69, 9.17) is 0 Å². The fourth-order valence-corrected chi connectivity index (χ4v) is 1.43. The van der Waals surface area contributed by atoms with Crippen LogP contribution in [0.25, 0.3) is 0 Å². The smallest absolute Gasteiger partial charge is 0.0549 e. The van der Waals surface area contributed by atoms with Gasteiger partial charge in [0.25, 0.3) is 0 Å². The summed E-state index contributed by atoms with van der Waals surface area (Å²) in [4.78, 5) is 4.24. The van der Waals surface area contributed by atoms with E-state index in [0.717, 1.165) is 36.1 Å². The van der Waals surface area contributed by atoms with Gasteiger partial charge < -0.3 is 10.4 Å². The first-order valence-corrected chi connectivity index (χ1v) is 6.01. The number of hydrogen-bond donors (Lipinski definition) is 2. The largest absolute Gasteiger partial charge is 0.393 e. The number of aliphatic hydroxyl groups is 1. The Morgan fingerprint density at radius 1 is 1.53 bits per heavy atom. The third-order valence-electron chi connectivity index (χ3n) is 2.22. The first-order chi connectivity index (χ1) is 7.22. The van der Waals surface area contributed by atoms with Crippen molar-refractivity contribution in [2.45, 2.75) is 32.4 Å². The fourth-order valence-electron chi connectivity index (χ4n) is 1.20. The zero-order valence-corrected chi connectivity index (χ0v) is 10.5. The molecule has 3 nitrogen and oxygen atoms in total. The maximum Gasteiger partial charge on any atom is 0.0549 e. The van der Waals surface area contributed by atoms with Gasteiger partial charge in [-0.05, 0) is 47.4 Å². The summed E-state index contributed by atoms with van der Waals surface area (Å²) in [5.41, 5.74) is 1.02. The molecule has 4 heteroatoms. The third-order valence-corrected chi connectivity index (χ3v) is 2.69. The van der Waals surface area contributed by atoms with E-state index in [2.05, 4.69) is 26.2 Å². The fraction of sp³-hybridized carbons (Fsp3) is 0.545. The number of aromatic nitrogens is 1. The number of aliphatic hydroxyl groups excluding tert-OH is 1. The Hall–Kier alpha value is -0.450. The van der Waals surface area contributed by atoms with Crippen LogP contribution in [0.5, 0.6) is 0 Å². The zero-order chi connectivity index (χ0) is 11.1. The lowest BCUT2D eigenvalue weighted by molar-refractivity contribution is 0.159. The van der Waals surface area contributed by atoms with Gasteiger partial charge in [0.1, 0.15) is 0 Å². The molecule has 0 radical (unpaired) electrons. The molecule has 1 unspecified atom stereocenters. The van der Waals surface area contributed by atoms with Crippen LogP contribution in [0.15, 0.2) is 22.8 Å². The van der Waals surface area contributed by atoms with Crippen molar-refractivity contribution < 1.29 is 5.11 Å². The van der Waals surface area contributed by atoms with E-state index in [-0.39, 0.29) is 6.10 Å². The Balaban J connectivity index is 2.17. The maximum absolute atomic E-state index is 9.33. The summed E-state index contributed by atoms with van der Waals surface area (Å²) in [6, 6.07) is 3.96. The minimum Gasteiger partial charge on any atom is -0.393 e. The predicted molar refractivity (Wildman–Crippen MR) is 64.6 cm³/mol. The minimum atomic E-state index is -0.185. The molecule has 1 rings (SSSR count). The van der Waals surface area contributed by atoms with Crippen LogP contribution in [0.1, 0.15) is 25.5 Å². The first kappa shape index (κ1) is 12.6. The number of rotatable bonds is 6. The molecule has 0 bridgehead atoms. The van der Waals surface area contributed by atoms with Crippen LogP contribution >= 0.6 is 15.9 Å². The topological polar surface area (TPSA) is 45.1 Å². The summed E-state index contributed by atoms with van der Waals surface area (Å²) in [5.74, 6) is 0. The van der Waals surface area contributed by atoms with Gasteiger partial charge in [-0.25, -0.2) is 0 Å². The van der Waals surface area contributed by atoms with E-state index in [1.54, 1.807) is 6.20 Å². The van der Waals surface area contributed by atoms with Crippen molar-refractivity contribution in [1.82, 2.24) is 10.3 Å². The highest BCUT2D eigenvalue weighted by atomic mass is 79.9. The van der Waals surface area contributed by atoms with Crippen LogP contribution < -0.4 is 5.32 Å². The second-order valence-corrected chi connectivity index (χ2v) is 4.41. The summed E-state index contributed by atoms with van der Waals surface area (Å²) < 4.78 is 0.993. The second kappa shape index (κ2) is 6.93. The standard InChI is InChI=1S/C11H17BrN2O/c1-2-11(15)5-6-13-8-10-4-3-9(12)7-14-10/h3-4,7,11,13,15H,2,5-6,8H2,1H3. The zero-order valence-electron chi connectivity index (χ0n) is 8.91. The monoisotopic (exact) mass is 272 g/mol. The van der Waals surface area contributed by atoms with Crippen molar-refractivity contribution >= 4 is 15.9 Å². The van der Waals surface area contributed by atoms with E-state index in [0.29, 0.717) is 0 Å². The molecule has 84 valence electrons. The van der Waals surface area contributed by atoms with Crippen molar-refractivity contribution in [3.05, 3.63) is 28.5 Å². The van der Waals surface area contributed by atoms with Crippen LogP contribution in [-0.2, 0) is 6.54 Å². The Kier molecular flexibility index (Phi) is 5.83. The number of hydrogen-bond acceptors (Lipinski definition) is 3. The van der Waals surface area contributed by atoms with Gasteiger partial charge in [0.15, 0.2) is 0 Å². The molecule has 0 saturated heterocycles. The van der Waals surface area contributed by atoms with Crippen LogP contribution in [0.3, 0.4) is 0 Å². The summed E-state index contributed by atoms with van der Waals surface area (Å²) in [7, 11) is 0. The molecule has 15 heavy (non-hydrogen) atoms. The number of pyridine rings is 1. The lowest BCUT2D eigenvalue weighted by Crippen LogP contribution is -2.20. The van der Waals surface area contributed by atoms with Crippen LogP contribution in [0.2, 0.25) is 0 Å². The van der Waals surface area contributed by atoms with Gasteiger partial charge in [0.2, 0.25) is 0 Å². The highest BCUT2D eigenvalue weighted by Gasteiger charge is 1.99. The molecule has 0 aliphatic carbocycles. The minimum absolute atomic E-state index is 0.185. The van der Waals surface area contributed by atoms with E-state index < -0.39 is 0 Å². The molecule has 0 spiro atoms. The molecule has 0 aromatic carbocycles. The SMILES string of the molecule is CCC(O)CCNCc1ccc(Br)cn1. The quantitative estimate of drug-likeness (QED) is 0.780. The van der Waals surface area contributed by atoms with Crippen molar-refractivity contribution in [1.29, 1.82) is 0 Å². The third kappa shape index (κ3) is 5.25. The molecular weight excluding hydrogens is 256 g/mol. The molecule has 1 aromatic rings. The molecule has 0 fully saturated rings. The van der Waals surface area contributed by atoms with Gasteiger partial charge in [-0.15, -0.1) is 0 Å². The number of nitrogens with one attached hydrogen (secondary N) is 1. The average Bonchev–Trinajstić information content (AvgIpc) is 2.26. The van der Waals surface area contributed by atoms with E-state index in [1.165, 1.54) is 0 Å². The lowest BCUT2D eigenvalue weighted by atomic mass is 10.2. The van der Waals surface area contributed by atoms with Gasteiger partial charge in [-0.1, -0.05) is 6.92 Å². The highest BCUT2D eigenvalue weighted by Crippen LogP contribution is 2.07. The molecule has 0 aliphatic heterocycles. The van der Waals surface area contributed by atoms with Gasteiger partial charge in [0, 0.05) is 17.2 Å². The summed E-state index contributed by atoms with van der Waals surface area (Å²) in [5, 5.41) is 12.6. The van der Waals surface area contributed by atoms with Gasteiger partial charge in [0.05, 0.1) is 11.8 Å². The van der Waals surface area contributed by atoms with Crippen LogP contribution in [-0.4, -0.2) is 22.7 Å². The van der Waals surface area contributed by atoms with Crippen molar-refractivity contribution in [2.24, 2.45) is 0 Å². The number of halogens is 1. The number of nitrogens with zero attached hydrogens (tertiary/aromatic N) is 1. The predicted octanol–water partition coefficient (Wildman–Crippen LogP) is 2.09. The van der Waals surface area contributed by atoms with E-state index in [1.807, 2.05) is 19.1 Å². The molecule has 0 saturated carbocycles. The van der Waals surface area contributed by atoms with Crippen molar-refractivity contribution in [3.8, 4) is 0 Å². The van der Waals surface area contributed by atoms with Gasteiger partial charge in [-0.2, -0.15) is 0 Å². The Bertz CT molecular complexity index is 276. The second-order valence-electron chi connectivity index (χ2n) is 3.50. The Morgan fingerprint density at radius 2 is 2.33 bits per heavy atom. The molecule has 1 atom stereocenters. The Morgan fingerprint density at radius 3 is 2.93 bits per heavy atom. The maximum atomic E-state index is 9.33. The normalized spacial score (nSPS) is 12.7. The van der Waals surface area contributed by atoms with Crippen molar-refractivity contribution in [2.75, 3.05) is 6.54 Å². The van der Waals surface area contributed by atoms with E-state index >= 15 is 0 Å². The summed E-state index contributed by atoms with van der Waals surface area (Å²) >= 11 is 3.34. The summed E-state index contributed by atoms with van der Waals surface area (Å²) in [6.45, 7) is 3.57. The van der Waals surface area contributed by atoms with Gasteiger partial charge in [-0.3, -0.25) is 4.98 Å². The van der Waals surface area contributed by atoms with Crippen LogP contribution in [0.4, 0.5) is 0 Å². The van der Waals surface area contributed by atoms with Crippen molar-refractivity contribution in [3.63, 3.8) is 0 Å². The first-order valence-electron chi connectivity index (χ1n) is 5.21. The Labute approximate surface area is 99.1 Å². The summed E-state index contributed by atoms with van der Waals surface area (Å²) in [6.07, 6.45) is 3.22. The molecule has 2 N–H and O–H groups in total. The highest BCUT2D eigenvalue weighted by molar-refractivity contribution is 9.10. The lowest BCUT2D eigenvalue weighted by Gasteiger charge is -2.08. The molecule has 0 aliphatic rings. The molecule has 1 aromatic heterocycles. The molecular formula is C11H17BrN2O. The average molecular weight is 273 g/mol. The molecule has 0 amide bonds. The van der Waals surface area contributed by atoms with Crippen LogP contribution in [0, 0.1) is 0 Å².